The summed E-state index contributed by atoms with van der Waals surface area (Å²) in [6.07, 6.45) is -2.20. The molecule has 0 heterocycles. The van der Waals surface area contributed by atoms with Crippen molar-refractivity contribution in [1.29, 1.82) is 0 Å². The first-order valence-corrected chi connectivity index (χ1v) is 19.1. The average molecular weight is 716 g/mol. The summed E-state index contributed by atoms with van der Waals surface area (Å²) in [7, 11) is -7.19. The van der Waals surface area contributed by atoms with Crippen molar-refractivity contribution < 1.29 is 56.8 Å². The Kier molecular flexibility index (Phi) is 25.9. The van der Waals surface area contributed by atoms with Gasteiger partial charge in [0.15, 0.2) is 0 Å². The minimum absolute atomic E-state index is 0.0457. The molecule has 0 aromatic heterocycles. The van der Waals surface area contributed by atoms with Crippen molar-refractivity contribution in [2.45, 2.75) is 57.5 Å². The summed E-state index contributed by atoms with van der Waals surface area (Å²) in [6, 6.07) is 0. The summed E-state index contributed by atoms with van der Waals surface area (Å²) < 4.78 is 71.0. The Morgan fingerprint density at radius 2 is 1.07 bits per heavy atom. The Morgan fingerprint density at radius 1 is 0.630 bits per heavy atom. The van der Waals surface area contributed by atoms with E-state index in [1.807, 2.05) is 25.7 Å². The Morgan fingerprint density at radius 3 is 1.52 bits per heavy atom. The Labute approximate surface area is 278 Å². The first-order valence-electron chi connectivity index (χ1n) is 15.8. The second-order valence-corrected chi connectivity index (χ2v) is 15.6. The molecule has 282 valence electrons. The first-order chi connectivity index (χ1) is 21.4. The number of hydrogen-bond acceptors (Lipinski definition) is 17. The summed E-state index contributed by atoms with van der Waals surface area (Å²) in [4.78, 5) is 3.93. The molecule has 0 aliphatic rings. The van der Waals surface area contributed by atoms with E-state index in [9.17, 15) is 15.3 Å². The molecular formula is C27H65N5O12S2. The van der Waals surface area contributed by atoms with E-state index in [0.717, 1.165) is 19.6 Å². The number of nitrogens with two attached hydrogens (primary N) is 1. The molecule has 0 bridgehead atoms. The molecule has 0 spiro atoms. The van der Waals surface area contributed by atoms with Gasteiger partial charge in [0.05, 0.1) is 65.5 Å². The van der Waals surface area contributed by atoms with Gasteiger partial charge in [0.2, 0.25) is 0 Å². The van der Waals surface area contributed by atoms with Crippen molar-refractivity contribution in [1.82, 2.24) is 20.4 Å². The maximum atomic E-state index is 10.7. The Bertz CT molecular complexity index is 688. The van der Waals surface area contributed by atoms with Gasteiger partial charge in [-0.05, 0) is 33.6 Å². The van der Waals surface area contributed by atoms with E-state index in [4.69, 9.17) is 47.3 Å². The van der Waals surface area contributed by atoms with Crippen LogP contribution < -0.4 is 16.4 Å². The SMILES string of the molecule is CC(C)(C)OCC(O)CN(CCNCCNCCN)CCN(CC(O)COCCCS(O)(O)O)CC(O)COCCCS(O)(O)O. The van der Waals surface area contributed by atoms with Gasteiger partial charge in [-0.2, -0.15) is 0 Å². The van der Waals surface area contributed by atoms with E-state index < -0.39 is 45.7 Å². The quantitative estimate of drug-likeness (QED) is 0.0418. The molecule has 17 nitrogen and oxygen atoms in total. The number of hydrogen-bond donors (Lipinski definition) is 12. The monoisotopic (exact) mass is 715 g/mol. The minimum Gasteiger partial charge on any atom is -0.389 e. The predicted molar refractivity (Wildman–Crippen MR) is 183 cm³/mol. The van der Waals surface area contributed by atoms with Gasteiger partial charge in [-0.15, -0.1) is 0 Å². The van der Waals surface area contributed by atoms with Gasteiger partial charge in [-0.1, -0.05) is 0 Å². The Hall–Kier alpha value is 0.0200. The molecule has 0 radical (unpaired) electrons. The van der Waals surface area contributed by atoms with Crippen LogP contribution in [0.15, 0.2) is 0 Å². The van der Waals surface area contributed by atoms with Crippen LogP contribution in [0.4, 0.5) is 0 Å². The van der Waals surface area contributed by atoms with Crippen LogP contribution in [-0.4, -0.2) is 193 Å². The maximum Gasteiger partial charge on any atom is 0.0900 e. The fourth-order valence-electron chi connectivity index (χ4n) is 4.15. The zero-order valence-electron chi connectivity index (χ0n) is 27.9. The summed E-state index contributed by atoms with van der Waals surface area (Å²) in [6.45, 7) is 11.8. The highest BCUT2D eigenvalue weighted by Gasteiger charge is 2.21. The minimum atomic E-state index is -3.59. The molecule has 0 rings (SSSR count). The molecule has 3 atom stereocenters. The van der Waals surface area contributed by atoms with Crippen molar-refractivity contribution in [3.05, 3.63) is 0 Å². The largest absolute Gasteiger partial charge is 0.389 e. The molecule has 3 unspecified atom stereocenters. The lowest BCUT2D eigenvalue weighted by Gasteiger charge is -2.32. The zero-order chi connectivity index (χ0) is 35.1. The summed E-state index contributed by atoms with van der Waals surface area (Å²) >= 11 is 0. The molecular weight excluding hydrogens is 650 g/mol. The van der Waals surface area contributed by atoms with Gasteiger partial charge in [0.1, 0.15) is 0 Å². The molecule has 19 heteroatoms. The lowest BCUT2D eigenvalue weighted by molar-refractivity contribution is -0.0570. The molecule has 46 heavy (non-hydrogen) atoms. The molecule has 0 aliphatic heterocycles. The molecule has 13 N–H and O–H groups in total. The molecule has 0 saturated carbocycles. The molecule has 0 aliphatic carbocycles. The first kappa shape index (κ1) is 46.0. The summed E-state index contributed by atoms with van der Waals surface area (Å²) in [5.41, 5.74) is 5.11. The molecule has 0 fully saturated rings. The highest BCUT2D eigenvalue weighted by Crippen LogP contribution is 2.33. The highest BCUT2D eigenvalue weighted by molar-refractivity contribution is 8.19. The third-order valence-corrected chi connectivity index (χ3v) is 7.96. The van der Waals surface area contributed by atoms with Gasteiger partial charge in [0.25, 0.3) is 0 Å². The van der Waals surface area contributed by atoms with Gasteiger partial charge >= 0.3 is 0 Å². The molecule has 0 aromatic rings. The maximum absolute atomic E-state index is 10.7. The number of nitrogens with one attached hydrogen (secondary N) is 2. The van der Waals surface area contributed by atoms with Crippen LogP contribution in [0.25, 0.3) is 0 Å². The number of aliphatic hydroxyl groups excluding tert-OH is 3. The van der Waals surface area contributed by atoms with E-state index in [1.54, 1.807) is 0 Å². The van der Waals surface area contributed by atoms with Crippen molar-refractivity contribution in [2.75, 3.05) is 117 Å². The Balaban J connectivity index is 5.18. The third-order valence-electron chi connectivity index (χ3n) is 6.29. The van der Waals surface area contributed by atoms with Crippen molar-refractivity contribution in [2.24, 2.45) is 5.73 Å². The number of ether oxygens (including phenoxy) is 3. The van der Waals surface area contributed by atoms with Crippen LogP contribution in [0, 0.1) is 0 Å². The normalized spacial score (nSPS) is 15.9. The summed E-state index contributed by atoms with van der Waals surface area (Å²) in [5.74, 6) is -0.444. The smallest absolute Gasteiger partial charge is 0.0900 e. The van der Waals surface area contributed by atoms with Crippen LogP contribution >= 0.6 is 21.7 Å². The lowest BCUT2D eigenvalue weighted by atomic mass is 10.2. The third kappa shape index (κ3) is 32.6. The second kappa shape index (κ2) is 25.9. The van der Waals surface area contributed by atoms with E-state index in [1.165, 1.54) is 0 Å². The van der Waals surface area contributed by atoms with Gasteiger partial charge in [0, 0.05) is 96.7 Å². The van der Waals surface area contributed by atoms with Crippen LogP contribution in [-0.2, 0) is 14.2 Å². The van der Waals surface area contributed by atoms with Crippen LogP contribution in [0.2, 0.25) is 0 Å². The van der Waals surface area contributed by atoms with Gasteiger partial charge in [-0.25, -0.2) is 0 Å². The van der Waals surface area contributed by atoms with E-state index in [0.29, 0.717) is 39.3 Å². The standard InChI is InChI=1S/C27H65N5O12S2/c1-27(2,3)44-23-26(35)18-31(11-10-30-9-8-29-7-6-28)12-13-32(19-24(33)21-42-14-4-16-45(36,37)38)20-25(34)22-43-15-5-17-46(39,40)41/h24-26,29-30,33-41H,4-23,28H2,1-3H3. The molecule has 0 amide bonds. The highest BCUT2D eigenvalue weighted by atomic mass is 32.3. The molecule has 0 saturated heterocycles. The van der Waals surface area contributed by atoms with Crippen LogP contribution in [0.3, 0.4) is 0 Å². The van der Waals surface area contributed by atoms with E-state index >= 15 is 0 Å². The van der Waals surface area contributed by atoms with Crippen molar-refractivity contribution in [3.8, 4) is 0 Å². The van der Waals surface area contributed by atoms with Crippen molar-refractivity contribution in [3.63, 3.8) is 0 Å². The van der Waals surface area contributed by atoms with Crippen molar-refractivity contribution >= 4 is 21.7 Å². The van der Waals surface area contributed by atoms with Gasteiger partial charge < -0.3 is 73.2 Å². The summed E-state index contributed by atoms with van der Waals surface area (Å²) in [5, 5.41) is 38.6. The van der Waals surface area contributed by atoms with E-state index in [2.05, 4.69) is 15.5 Å². The van der Waals surface area contributed by atoms with Gasteiger partial charge in [-0.3, -0.25) is 9.80 Å². The number of nitrogens with zero attached hydrogens (tertiary/aromatic N) is 2. The number of rotatable bonds is 31. The number of aliphatic hydroxyl groups is 3. The fourth-order valence-corrected chi connectivity index (χ4v) is 5.16. The average Bonchev–Trinajstić information content (AvgIpc) is 2.92. The molecule has 0 aromatic carbocycles. The second-order valence-electron chi connectivity index (χ2n) is 12.3. The zero-order valence-corrected chi connectivity index (χ0v) is 29.5. The topological polar surface area (TPSA) is 266 Å². The van der Waals surface area contributed by atoms with E-state index in [-0.39, 0.29) is 70.5 Å². The fraction of sp³-hybridized carbons (Fsp3) is 1.00. The lowest BCUT2D eigenvalue weighted by Crippen LogP contribution is -2.47. The predicted octanol–water partition coefficient (Wildman–Crippen LogP) is -0.113. The van der Waals surface area contributed by atoms with Crippen LogP contribution in [0.1, 0.15) is 33.6 Å². The van der Waals surface area contributed by atoms with Crippen LogP contribution in [0.5, 0.6) is 0 Å².